The molecule has 2 rings (SSSR count). The molecule has 0 bridgehead atoms. The molecule has 2 heterocycles. The Kier molecular flexibility index (Phi) is 7.93. The number of aliphatic hydroxyl groups is 1. The third kappa shape index (κ3) is 5.15. The second-order valence-electron chi connectivity index (χ2n) is 6.04. The van der Waals surface area contributed by atoms with E-state index in [-0.39, 0.29) is 23.5 Å². The zero-order chi connectivity index (χ0) is 17.5. The minimum atomic E-state index is -0.467. The monoisotopic (exact) mass is 374 g/mol. The zero-order valence-corrected chi connectivity index (χ0v) is 15.8. The van der Waals surface area contributed by atoms with E-state index in [2.05, 4.69) is 11.9 Å². The average Bonchev–Trinajstić information content (AvgIpc) is 2.97. The Morgan fingerprint density at radius 2 is 2.17 bits per heavy atom. The lowest BCUT2D eigenvalue weighted by Gasteiger charge is -2.15. The van der Waals surface area contributed by atoms with Crippen molar-refractivity contribution in [2.45, 2.75) is 63.5 Å². The predicted octanol–water partition coefficient (Wildman–Crippen LogP) is 2.46. The molecule has 2 N–H and O–H groups in total. The molecule has 0 saturated carbocycles. The summed E-state index contributed by atoms with van der Waals surface area (Å²) >= 11 is 0. The van der Waals surface area contributed by atoms with Gasteiger partial charge in [-0.2, -0.15) is 0 Å². The number of aryl methyl sites for hydroxylation is 1. The highest BCUT2D eigenvalue weighted by molar-refractivity contribution is 8.76. The number of hydrogen-bond acceptors (Lipinski definition) is 6. The van der Waals surface area contributed by atoms with E-state index in [0.29, 0.717) is 12.0 Å². The molecule has 0 unspecified atom stereocenters. The SMILES string of the molecule is CCCCCCSS[C@@H]1C[C@H](n2cc(C)c(=O)[nH]c2=O)O[C@@H]1CO. The van der Waals surface area contributed by atoms with Crippen LogP contribution in [0.4, 0.5) is 0 Å². The minimum Gasteiger partial charge on any atom is -0.394 e. The maximum Gasteiger partial charge on any atom is 0.330 e. The molecule has 0 spiro atoms. The number of ether oxygens (including phenoxy) is 1. The smallest absolute Gasteiger partial charge is 0.330 e. The molecular weight excluding hydrogens is 348 g/mol. The highest BCUT2D eigenvalue weighted by atomic mass is 33.1. The topological polar surface area (TPSA) is 84.3 Å². The van der Waals surface area contributed by atoms with Gasteiger partial charge in [-0.25, -0.2) is 4.79 Å². The fourth-order valence-electron chi connectivity index (χ4n) is 2.66. The first kappa shape index (κ1) is 19.6. The van der Waals surface area contributed by atoms with Gasteiger partial charge >= 0.3 is 5.69 Å². The van der Waals surface area contributed by atoms with Crippen molar-refractivity contribution in [3.05, 3.63) is 32.6 Å². The lowest BCUT2D eigenvalue weighted by Crippen LogP contribution is -2.33. The number of rotatable bonds is 9. The van der Waals surface area contributed by atoms with Crippen LogP contribution in [0.25, 0.3) is 0 Å². The Morgan fingerprint density at radius 1 is 1.38 bits per heavy atom. The van der Waals surface area contributed by atoms with Crippen molar-refractivity contribution in [1.82, 2.24) is 9.55 Å². The number of aromatic amines is 1. The van der Waals surface area contributed by atoms with E-state index in [1.54, 1.807) is 17.7 Å². The second-order valence-corrected chi connectivity index (χ2v) is 8.77. The Hall–Kier alpha value is -0.700. The second kappa shape index (κ2) is 9.70. The zero-order valence-electron chi connectivity index (χ0n) is 14.2. The van der Waals surface area contributed by atoms with E-state index in [1.807, 2.05) is 10.8 Å². The number of H-pyrrole nitrogens is 1. The summed E-state index contributed by atoms with van der Waals surface area (Å²) in [4.78, 5) is 25.8. The van der Waals surface area contributed by atoms with Crippen LogP contribution < -0.4 is 11.2 Å². The van der Waals surface area contributed by atoms with Gasteiger partial charge in [0.05, 0.1) is 12.7 Å². The van der Waals surface area contributed by atoms with Crippen molar-refractivity contribution in [3.8, 4) is 0 Å². The molecule has 0 aliphatic carbocycles. The first-order valence-corrected chi connectivity index (χ1v) is 10.8. The van der Waals surface area contributed by atoms with Gasteiger partial charge in [0.15, 0.2) is 0 Å². The molecule has 6 nitrogen and oxygen atoms in total. The van der Waals surface area contributed by atoms with E-state index >= 15 is 0 Å². The van der Waals surface area contributed by atoms with Crippen LogP contribution in [-0.4, -0.2) is 38.4 Å². The molecule has 1 saturated heterocycles. The van der Waals surface area contributed by atoms with Gasteiger partial charge < -0.3 is 9.84 Å². The van der Waals surface area contributed by atoms with Gasteiger partial charge in [0.2, 0.25) is 0 Å². The first-order valence-electron chi connectivity index (χ1n) is 8.43. The molecule has 0 radical (unpaired) electrons. The normalized spacial score (nSPS) is 23.7. The third-order valence-corrected chi connectivity index (χ3v) is 7.07. The summed E-state index contributed by atoms with van der Waals surface area (Å²) in [7, 11) is 3.54. The van der Waals surface area contributed by atoms with E-state index in [9.17, 15) is 14.7 Å². The van der Waals surface area contributed by atoms with Crippen molar-refractivity contribution >= 4 is 21.6 Å². The molecule has 1 aliphatic rings. The summed E-state index contributed by atoms with van der Waals surface area (Å²) in [5.74, 6) is 1.09. The van der Waals surface area contributed by atoms with Gasteiger partial charge in [0, 0.05) is 29.2 Å². The Balaban J connectivity index is 1.93. The minimum absolute atomic E-state index is 0.0678. The molecule has 1 aliphatic heterocycles. The summed E-state index contributed by atoms with van der Waals surface area (Å²) in [5.41, 5.74) is -0.369. The molecule has 0 amide bonds. The van der Waals surface area contributed by atoms with E-state index in [1.165, 1.54) is 36.4 Å². The van der Waals surface area contributed by atoms with E-state index < -0.39 is 11.9 Å². The van der Waals surface area contributed by atoms with Crippen molar-refractivity contribution < 1.29 is 9.84 Å². The maximum absolute atomic E-state index is 12.0. The van der Waals surface area contributed by atoms with Crippen LogP contribution in [0.5, 0.6) is 0 Å². The molecule has 1 fully saturated rings. The Labute approximate surface area is 149 Å². The summed E-state index contributed by atoms with van der Waals surface area (Å²) in [6, 6.07) is 0. The third-order valence-electron chi connectivity index (χ3n) is 4.09. The van der Waals surface area contributed by atoms with Gasteiger partial charge in [0.1, 0.15) is 6.23 Å². The average molecular weight is 375 g/mol. The number of aliphatic hydroxyl groups excluding tert-OH is 1. The van der Waals surface area contributed by atoms with Gasteiger partial charge in [-0.15, -0.1) is 0 Å². The van der Waals surface area contributed by atoms with E-state index in [4.69, 9.17) is 4.74 Å². The highest BCUT2D eigenvalue weighted by Crippen LogP contribution is 2.41. The Morgan fingerprint density at radius 3 is 2.88 bits per heavy atom. The summed E-state index contributed by atoms with van der Waals surface area (Å²) in [6.45, 7) is 3.79. The molecule has 1 aromatic rings. The van der Waals surface area contributed by atoms with Crippen LogP contribution in [0, 0.1) is 6.92 Å². The van der Waals surface area contributed by atoms with Gasteiger partial charge in [-0.05, 0) is 13.3 Å². The van der Waals surface area contributed by atoms with Crippen LogP contribution in [0.15, 0.2) is 15.8 Å². The highest BCUT2D eigenvalue weighted by Gasteiger charge is 2.36. The molecule has 0 aromatic carbocycles. The van der Waals surface area contributed by atoms with Crippen LogP contribution in [0.3, 0.4) is 0 Å². The molecular formula is C16H26N2O4S2. The number of nitrogens with zero attached hydrogens (tertiary/aromatic N) is 1. The fraction of sp³-hybridized carbons (Fsp3) is 0.750. The lowest BCUT2D eigenvalue weighted by molar-refractivity contribution is -0.0238. The molecule has 8 heteroatoms. The van der Waals surface area contributed by atoms with E-state index in [0.717, 1.165) is 5.75 Å². The Bertz CT molecular complexity index is 631. The van der Waals surface area contributed by atoms with Crippen molar-refractivity contribution in [3.63, 3.8) is 0 Å². The van der Waals surface area contributed by atoms with Gasteiger partial charge in [0.25, 0.3) is 5.56 Å². The van der Waals surface area contributed by atoms with Crippen LogP contribution in [-0.2, 0) is 4.74 Å². The van der Waals surface area contributed by atoms with Crippen LogP contribution in [0.1, 0.15) is 50.8 Å². The van der Waals surface area contributed by atoms with Crippen molar-refractivity contribution in [1.29, 1.82) is 0 Å². The number of aromatic nitrogens is 2. The molecule has 24 heavy (non-hydrogen) atoms. The largest absolute Gasteiger partial charge is 0.394 e. The predicted molar refractivity (Wildman–Crippen MR) is 99.7 cm³/mol. The molecule has 1 aromatic heterocycles. The van der Waals surface area contributed by atoms with Crippen molar-refractivity contribution in [2.75, 3.05) is 12.4 Å². The number of unbranched alkanes of at least 4 members (excludes halogenated alkanes) is 3. The standard InChI is InChI=1S/C16H26N2O4S2/c1-3-4-5-6-7-23-24-13-8-14(22-12(13)10-19)18-9-11(2)15(20)17-16(18)21/h9,12-14,19H,3-8,10H2,1-2H3,(H,17,20,21)/t12-,13-,14-/m1/s1. The lowest BCUT2D eigenvalue weighted by atomic mass is 10.2. The number of hydrogen-bond donors (Lipinski definition) is 2. The molecule has 136 valence electrons. The van der Waals surface area contributed by atoms with Crippen molar-refractivity contribution in [2.24, 2.45) is 0 Å². The van der Waals surface area contributed by atoms with Crippen LogP contribution >= 0.6 is 21.6 Å². The summed E-state index contributed by atoms with van der Waals surface area (Å²) < 4.78 is 7.26. The fourth-order valence-corrected chi connectivity index (χ4v) is 5.54. The maximum atomic E-state index is 12.0. The van der Waals surface area contributed by atoms with Gasteiger partial charge in [-0.3, -0.25) is 14.3 Å². The summed E-state index contributed by atoms with van der Waals surface area (Å²) in [5, 5.41) is 9.68. The molecule has 3 atom stereocenters. The van der Waals surface area contributed by atoms with Crippen LogP contribution in [0.2, 0.25) is 0 Å². The number of nitrogens with one attached hydrogen (secondary N) is 1. The van der Waals surface area contributed by atoms with Gasteiger partial charge in [-0.1, -0.05) is 47.8 Å². The first-order chi connectivity index (χ1) is 11.6. The quantitative estimate of drug-likeness (QED) is 0.510. The summed E-state index contributed by atoms with van der Waals surface area (Å²) in [6.07, 6.45) is 6.40.